The van der Waals surface area contributed by atoms with E-state index in [1.165, 1.54) is 4.68 Å². The number of ether oxygens (including phenoxy) is 1. The number of carbonyl (C=O) groups is 2. The van der Waals surface area contributed by atoms with Crippen LogP contribution in [-0.4, -0.2) is 34.3 Å². The van der Waals surface area contributed by atoms with Gasteiger partial charge < -0.3 is 4.74 Å². The summed E-state index contributed by atoms with van der Waals surface area (Å²) in [6, 6.07) is 8.65. The van der Waals surface area contributed by atoms with Crippen molar-refractivity contribution in [3.05, 3.63) is 47.2 Å². The van der Waals surface area contributed by atoms with Crippen molar-refractivity contribution in [3.63, 3.8) is 0 Å². The van der Waals surface area contributed by atoms with Crippen molar-refractivity contribution in [2.24, 2.45) is 0 Å². The third kappa shape index (κ3) is 3.69. The van der Waals surface area contributed by atoms with Crippen LogP contribution >= 0.6 is 11.6 Å². The fourth-order valence-electron chi connectivity index (χ4n) is 2.25. The van der Waals surface area contributed by atoms with Crippen LogP contribution in [0.5, 0.6) is 0 Å². The summed E-state index contributed by atoms with van der Waals surface area (Å²) in [5.74, 6) is -0.859. The molecule has 0 radical (unpaired) electrons. The lowest BCUT2D eigenvalue weighted by atomic mass is 10.2. The molecule has 1 aromatic heterocycles. The van der Waals surface area contributed by atoms with Gasteiger partial charge in [-0.25, -0.2) is 4.68 Å². The van der Waals surface area contributed by atoms with Crippen LogP contribution in [0.15, 0.2) is 36.5 Å². The quantitative estimate of drug-likeness (QED) is 0.832. The molecule has 0 spiro atoms. The molecule has 120 valence electrons. The van der Waals surface area contributed by atoms with E-state index in [4.69, 9.17) is 16.3 Å². The van der Waals surface area contributed by atoms with Gasteiger partial charge in [0.1, 0.15) is 6.10 Å². The number of halogens is 1. The molecule has 0 aliphatic carbocycles. The highest BCUT2D eigenvalue weighted by Gasteiger charge is 2.24. The van der Waals surface area contributed by atoms with Crippen LogP contribution in [-0.2, 0) is 9.53 Å². The Bertz CT molecular complexity index is 725. The topological polar surface area (TPSA) is 85.3 Å². The number of hydrogen-bond acceptors (Lipinski definition) is 4. The summed E-state index contributed by atoms with van der Waals surface area (Å²) in [6.45, 7) is 0.566. The number of carbonyl (C=O) groups excluding carboxylic acids is 2. The van der Waals surface area contributed by atoms with Crippen LogP contribution in [0.3, 0.4) is 0 Å². The molecule has 2 N–H and O–H groups in total. The first-order chi connectivity index (χ1) is 11.1. The van der Waals surface area contributed by atoms with E-state index in [1.807, 2.05) is 6.07 Å². The maximum Gasteiger partial charge on any atom is 0.290 e. The predicted molar refractivity (Wildman–Crippen MR) is 83.2 cm³/mol. The van der Waals surface area contributed by atoms with Crippen molar-refractivity contribution in [2.45, 2.75) is 18.9 Å². The van der Waals surface area contributed by atoms with Crippen molar-refractivity contribution in [3.8, 4) is 5.69 Å². The van der Waals surface area contributed by atoms with E-state index in [0.717, 1.165) is 12.1 Å². The standard InChI is InChI=1S/C15H15ClN4O3/c16-10-3-1-4-11(9-10)20-7-6-12(19-20)14(21)17-18-15(22)13-5-2-8-23-13/h1,3-4,6-7,9,13H,2,5,8H2,(H,17,21)(H,18,22). The number of rotatable bonds is 3. The zero-order chi connectivity index (χ0) is 16.2. The van der Waals surface area contributed by atoms with Gasteiger partial charge in [-0.2, -0.15) is 5.10 Å². The first kappa shape index (κ1) is 15.5. The minimum Gasteiger partial charge on any atom is -0.368 e. The summed E-state index contributed by atoms with van der Waals surface area (Å²) in [5, 5.41) is 4.74. The minimum absolute atomic E-state index is 0.178. The Labute approximate surface area is 137 Å². The van der Waals surface area contributed by atoms with E-state index in [-0.39, 0.29) is 11.6 Å². The normalized spacial score (nSPS) is 17.0. The molecule has 8 heteroatoms. The first-order valence-corrected chi connectivity index (χ1v) is 7.55. The molecule has 0 saturated carbocycles. The van der Waals surface area contributed by atoms with Gasteiger partial charge in [0.2, 0.25) is 0 Å². The Hall–Kier alpha value is -2.38. The molecule has 23 heavy (non-hydrogen) atoms. The van der Waals surface area contributed by atoms with Crippen LogP contribution in [0.1, 0.15) is 23.3 Å². The highest BCUT2D eigenvalue weighted by Crippen LogP contribution is 2.14. The molecular formula is C15H15ClN4O3. The largest absolute Gasteiger partial charge is 0.368 e. The van der Waals surface area contributed by atoms with Crippen LogP contribution < -0.4 is 10.9 Å². The maximum atomic E-state index is 12.0. The van der Waals surface area contributed by atoms with E-state index in [0.29, 0.717) is 18.1 Å². The van der Waals surface area contributed by atoms with Crippen molar-refractivity contribution in [1.29, 1.82) is 0 Å². The van der Waals surface area contributed by atoms with Gasteiger partial charge in [0.25, 0.3) is 11.8 Å². The lowest BCUT2D eigenvalue weighted by Gasteiger charge is -2.10. The molecule has 7 nitrogen and oxygen atoms in total. The summed E-state index contributed by atoms with van der Waals surface area (Å²) in [7, 11) is 0. The maximum absolute atomic E-state index is 12.0. The molecule has 1 saturated heterocycles. The van der Waals surface area contributed by atoms with Crippen LogP contribution in [0.2, 0.25) is 5.02 Å². The van der Waals surface area contributed by atoms with E-state index in [9.17, 15) is 9.59 Å². The van der Waals surface area contributed by atoms with Gasteiger partial charge in [0.05, 0.1) is 5.69 Å². The number of hydrazine groups is 1. The third-order valence-electron chi connectivity index (χ3n) is 3.42. The van der Waals surface area contributed by atoms with Gasteiger partial charge in [-0.1, -0.05) is 17.7 Å². The fraction of sp³-hybridized carbons (Fsp3) is 0.267. The summed E-state index contributed by atoms with van der Waals surface area (Å²) < 4.78 is 6.76. The number of aromatic nitrogens is 2. The molecule has 1 aliphatic rings. The van der Waals surface area contributed by atoms with Crippen molar-refractivity contribution < 1.29 is 14.3 Å². The molecule has 0 bridgehead atoms. The second-order valence-corrected chi connectivity index (χ2v) is 5.51. The smallest absolute Gasteiger partial charge is 0.290 e. The summed E-state index contributed by atoms with van der Waals surface area (Å²) in [5.41, 5.74) is 5.59. The monoisotopic (exact) mass is 334 g/mol. The van der Waals surface area contributed by atoms with Crippen molar-refractivity contribution in [1.82, 2.24) is 20.6 Å². The SMILES string of the molecule is O=C(NNC(=O)C1CCCO1)c1ccn(-c2cccc(Cl)c2)n1. The van der Waals surface area contributed by atoms with Gasteiger partial charge >= 0.3 is 0 Å². The van der Waals surface area contributed by atoms with E-state index in [1.54, 1.807) is 30.5 Å². The van der Waals surface area contributed by atoms with Gasteiger partial charge in [-0.05, 0) is 37.1 Å². The molecule has 2 amide bonds. The van der Waals surface area contributed by atoms with Gasteiger partial charge in [0, 0.05) is 17.8 Å². The Morgan fingerprint density at radius 2 is 2.17 bits per heavy atom. The summed E-state index contributed by atoms with van der Waals surface area (Å²) in [4.78, 5) is 23.8. The number of nitrogens with zero attached hydrogens (tertiary/aromatic N) is 2. The Balaban J connectivity index is 1.61. The average Bonchev–Trinajstić information content (AvgIpc) is 3.23. The molecule has 2 aromatic rings. The zero-order valence-corrected chi connectivity index (χ0v) is 12.9. The van der Waals surface area contributed by atoms with Gasteiger partial charge in [-0.3, -0.25) is 20.4 Å². The lowest BCUT2D eigenvalue weighted by Crippen LogP contribution is -2.46. The van der Waals surface area contributed by atoms with E-state index >= 15 is 0 Å². The molecule has 3 rings (SSSR count). The highest BCUT2D eigenvalue weighted by molar-refractivity contribution is 6.30. The lowest BCUT2D eigenvalue weighted by molar-refractivity contribution is -0.130. The van der Waals surface area contributed by atoms with E-state index in [2.05, 4.69) is 16.0 Å². The zero-order valence-electron chi connectivity index (χ0n) is 12.2. The molecule has 1 unspecified atom stereocenters. The molecule has 2 heterocycles. The van der Waals surface area contributed by atoms with Gasteiger partial charge in [-0.15, -0.1) is 0 Å². The van der Waals surface area contributed by atoms with Crippen LogP contribution in [0, 0.1) is 0 Å². The minimum atomic E-state index is -0.503. The number of nitrogens with one attached hydrogen (secondary N) is 2. The second kappa shape index (κ2) is 6.80. The molecule has 1 aromatic carbocycles. The fourth-order valence-corrected chi connectivity index (χ4v) is 2.44. The van der Waals surface area contributed by atoms with Crippen molar-refractivity contribution in [2.75, 3.05) is 6.61 Å². The third-order valence-corrected chi connectivity index (χ3v) is 3.65. The molecular weight excluding hydrogens is 320 g/mol. The Morgan fingerprint density at radius 1 is 1.30 bits per heavy atom. The summed E-state index contributed by atoms with van der Waals surface area (Å²) in [6.07, 6.45) is 2.64. The number of benzene rings is 1. The average molecular weight is 335 g/mol. The predicted octanol–water partition coefficient (Wildman–Crippen LogP) is 1.47. The highest BCUT2D eigenvalue weighted by atomic mass is 35.5. The Kier molecular flexibility index (Phi) is 4.59. The van der Waals surface area contributed by atoms with Crippen LogP contribution in [0.4, 0.5) is 0 Å². The summed E-state index contributed by atoms with van der Waals surface area (Å²) >= 11 is 5.93. The van der Waals surface area contributed by atoms with E-state index < -0.39 is 12.0 Å². The molecule has 1 atom stereocenters. The molecule has 1 fully saturated rings. The number of hydrogen-bond donors (Lipinski definition) is 2. The second-order valence-electron chi connectivity index (χ2n) is 5.07. The molecule has 1 aliphatic heterocycles. The van der Waals surface area contributed by atoms with Crippen LogP contribution in [0.25, 0.3) is 5.69 Å². The number of amides is 2. The Morgan fingerprint density at radius 3 is 2.91 bits per heavy atom. The van der Waals surface area contributed by atoms with Gasteiger partial charge in [0.15, 0.2) is 5.69 Å². The first-order valence-electron chi connectivity index (χ1n) is 7.17. The van der Waals surface area contributed by atoms with Crippen molar-refractivity contribution >= 4 is 23.4 Å².